The van der Waals surface area contributed by atoms with Crippen LogP contribution in [0.4, 0.5) is 0 Å². The molecule has 21 heavy (non-hydrogen) atoms. The van der Waals surface area contributed by atoms with Crippen molar-refractivity contribution >= 4 is 27.5 Å². The summed E-state index contributed by atoms with van der Waals surface area (Å²) >= 11 is 5.96. The number of rotatable bonds is 6. The summed E-state index contributed by atoms with van der Waals surface area (Å²) in [6.45, 7) is 6.12. The molecule has 0 aromatic heterocycles. The highest BCUT2D eigenvalue weighted by Crippen LogP contribution is 2.20. The molecule has 1 aromatic rings. The molecule has 0 saturated carbocycles. The lowest BCUT2D eigenvalue weighted by molar-refractivity contribution is 0.0937. The van der Waals surface area contributed by atoms with Crippen molar-refractivity contribution in [3.63, 3.8) is 0 Å². The molecule has 0 fully saturated rings. The molecule has 7 heteroatoms. The molecule has 1 amide bonds. The number of nitrogens with one attached hydrogen (secondary N) is 1. The van der Waals surface area contributed by atoms with Crippen LogP contribution in [0.3, 0.4) is 0 Å². The smallest absolute Gasteiger partial charge is 0.253 e. The second-order valence-electron chi connectivity index (χ2n) is 5.53. The molecule has 1 atom stereocenters. The fourth-order valence-corrected chi connectivity index (χ4v) is 2.56. The fraction of sp³-hybridized carbons (Fsp3) is 0.500. The first kappa shape index (κ1) is 17.9. The quantitative estimate of drug-likeness (QED) is 0.838. The predicted octanol–water partition coefficient (Wildman–Crippen LogP) is 2.54. The molecule has 5 nitrogen and oxygen atoms in total. The molecule has 1 rings (SSSR count). The van der Waals surface area contributed by atoms with Gasteiger partial charge in [0.2, 0.25) is 10.0 Å². The third-order valence-electron chi connectivity index (χ3n) is 3.07. The number of halogens is 1. The summed E-state index contributed by atoms with van der Waals surface area (Å²) in [5.41, 5.74) is 0.111. The minimum Gasteiger partial charge on any atom is -0.350 e. The SMILES string of the molecule is CC(C)CCC(C)NC(=O)c1cc(S(N)(=O)=O)ccc1Cl. The van der Waals surface area contributed by atoms with Crippen LogP contribution in [0.15, 0.2) is 23.1 Å². The minimum absolute atomic E-state index is 0.0193. The van der Waals surface area contributed by atoms with Gasteiger partial charge in [0.05, 0.1) is 15.5 Å². The van der Waals surface area contributed by atoms with Crippen molar-refractivity contribution in [2.24, 2.45) is 11.1 Å². The van der Waals surface area contributed by atoms with E-state index in [9.17, 15) is 13.2 Å². The summed E-state index contributed by atoms with van der Waals surface area (Å²) < 4.78 is 22.6. The van der Waals surface area contributed by atoms with Gasteiger partial charge in [-0.2, -0.15) is 0 Å². The van der Waals surface area contributed by atoms with Gasteiger partial charge in [-0.1, -0.05) is 25.4 Å². The number of sulfonamides is 1. The van der Waals surface area contributed by atoms with E-state index >= 15 is 0 Å². The fourth-order valence-electron chi connectivity index (χ4n) is 1.81. The van der Waals surface area contributed by atoms with Crippen molar-refractivity contribution in [3.8, 4) is 0 Å². The molecule has 0 radical (unpaired) electrons. The van der Waals surface area contributed by atoms with E-state index in [-0.39, 0.29) is 21.5 Å². The molecule has 0 heterocycles. The van der Waals surface area contributed by atoms with E-state index in [2.05, 4.69) is 19.2 Å². The maximum absolute atomic E-state index is 12.2. The summed E-state index contributed by atoms with van der Waals surface area (Å²) in [6.07, 6.45) is 1.84. The first-order chi connectivity index (χ1) is 9.61. The molecule has 3 N–H and O–H groups in total. The number of hydrogen-bond donors (Lipinski definition) is 2. The Morgan fingerprint density at radius 2 is 1.90 bits per heavy atom. The largest absolute Gasteiger partial charge is 0.350 e. The molecule has 0 saturated heterocycles. The van der Waals surface area contributed by atoms with Crippen LogP contribution in [-0.2, 0) is 10.0 Å². The van der Waals surface area contributed by atoms with Crippen molar-refractivity contribution < 1.29 is 13.2 Å². The van der Waals surface area contributed by atoms with E-state index in [0.717, 1.165) is 12.8 Å². The average Bonchev–Trinajstić information content (AvgIpc) is 2.35. The topological polar surface area (TPSA) is 89.3 Å². The first-order valence-corrected chi connectivity index (χ1v) is 8.67. The Morgan fingerprint density at radius 1 is 1.29 bits per heavy atom. The molecule has 1 aromatic carbocycles. The molecule has 0 aliphatic rings. The summed E-state index contributed by atoms with van der Waals surface area (Å²) in [7, 11) is -3.86. The lowest BCUT2D eigenvalue weighted by Gasteiger charge is -2.16. The number of nitrogens with two attached hydrogens (primary N) is 1. The van der Waals surface area contributed by atoms with E-state index in [4.69, 9.17) is 16.7 Å². The van der Waals surface area contributed by atoms with Crippen LogP contribution in [0, 0.1) is 5.92 Å². The van der Waals surface area contributed by atoms with Crippen LogP contribution in [0.2, 0.25) is 5.02 Å². The van der Waals surface area contributed by atoms with Crippen LogP contribution in [0.1, 0.15) is 44.0 Å². The van der Waals surface area contributed by atoms with E-state index < -0.39 is 15.9 Å². The number of primary sulfonamides is 1. The molecule has 1 unspecified atom stereocenters. The van der Waals surface area contributed by atoms with E-state index in [1.54, 1.807) is 0 Å². The Kier molecular flexibility index (Phi) is 6.19. The van der Waals surface area contributed by atoms with Crippen molar-refractivity contribution in [2.45, 2.75) is 44.6 Å². The lowest BCUT2D eigenvalue weighted by atomic mass is 10.0. The van der Waals surface area contributed by atoms with Gasteiger partial charge in [0.1, 0.15) is 0 Å². The minimum atomic E-state index is -3.86. The van der Waals surface area contributed by atoms with Crippen LogP contribution in [0.25, 0.3) is 0 Å². The number of carbonyl (C=O) groups excluding carboxylic acids is 1. The molecule has 118 valence electrons. The van der Waals surface area contributed by atoms with Crippen LogP contribution < -0.4 is 10.5 Å². The zero-order valence-corrected chi connectivity index (χ0v) is 14.0. The molecule has 0 bridgehead atoms. The third-order valence-corrected chi connectivity index (χ3v) is 4.31. The molecular formula is C14H21ClN2O3S. The lowest BCUT2D eigenvalue weighted by Crippen LogP contribution is -2.33. The Bertz CT molecular complexity index is 615. The van der Waals surface area contributed by atoms with Crippen molar-refractivity contribution in [1.29, 1.82) is 0 Å². The number of hydrogen-bond acceptors (Lipinski definition) is 3. The van der Waals surface area contributed by atoms with Crippen molar-refractivity contribution in [3.05, 3.63) is 28.8 Å². The Labute approximate surface area is 130 Å². The van der Waals surface area contributed by atoms with E-state index in [1.807, 2.05) is 6.92 Å². The van der Waals surface area contributed by atoms with Crippen LogP contribution in [-0.4, -0.2) is 20.4 Å². The van der Waals surface area contributed by atoms with E-state index in [1.165, 1.54) is 18.2 Å². The van der Waals surface area contributed by atoms with Gasteiger partial charge in [0, 0.05) is 6.04 Å². The van der Waals surface area contributed by atoms with Gasteiger partial charge < -0.3 is 5.32 Å². The third kappa shape index (κ3) is 5.65. The second kappa shape index (κ2) is 7.24. The summed E-state index contributed by atoms with van der Waals surface area (Å²) in [4.78, 5) is 12.0. The van der Waals surface area contributed by atoms with Gasteiger partial charge in [-0.25, -0.2) is 13.6 Å². The van der Waals surface area contributed by atoms with Gasteiger partial charge in [0.25, 0.3) is 5.91 Å². The molecule has 0 aliphatic carbocycles. The van der Waals surface area contributed by atoms with Gasteiger partial charge in [0.15, 0.2) is 0 Å². The molecule has 0 spiro atoms. The number of amides is 1. The highest BCUT2D eigenvalue weighted by atomic mass is 35.5. The Balaban J connectivity index is 2.87. The van der Waals surface area contributed by atoms with Crippen LogP contribution >= 0.6 is 11.6 Å². The van der Waals surface area contributed by atoms with Crippen molar-refractivity contribution in [2.75, 3.05) is 0 Å². The predicted molar refractivity (Wildman–Crippen MR) is 83.8 cm³/mol. The maximum atomic E-state index is 12.2. The van der Waals surface area contributed by atoms with Gasteiger partial charge in [-0.15, -0.1) is 0 Å². The van der Waals surface area contributed by atoms with Crippen molar-refractivity contribution in [1.82, 2.24) is 5.32 Å². The Morgan fingerprint density at radius 3 is 2.43 bits per heavy atom. The Hall–Kier alpha value is -1.11. The number of carbonyl (C=O) groups is 1. The summed E-state index contributed by atoms with van der Waals surface area (Å²) in [5.74, 6) is 0.153. The molecular weight excluding hydrogens is 312 g/mol. The standard InChI is InChI=1S/C14H21ClN2O3S/c1-9(2)4-5-10(3)17-14(18)12-8-11(21(16,19)20)6-7-13(12)15/h6-10H,4-5H2,1-3H3,(H,17,18)(H2,16,19,20). The summed E-state index contributed by atoms with van der Waals surface area (Å²) in [6, 6.07) is 3.81. The highest BCUT2D eigenvalue weighted by molar-refractivity contribution is 7.89. The van der Waals surface area contributed by atoms with Gasteiger partial charge >= 0.3 is 0 Å². The van der Waals surface area contributed by atoms with Crippen LogP contribution in [0.5, 0.6) is 0 Å². The highest BCUT2D eigenvalue weighted by Gasteiger charge is 2.17. The number of benzene rings is 1. The normalized spacial score (nSPS) is 13.2. The van der Waals surface area contributed by atoms with Gasteiger partial charge in [-0.3, -0.25) is 4.79 Å². The summed E-state index contributed by atoms with van der Waals surface area (Å²) in [5, 5.41) is 8.06. The zero-order chi connectivity index (χ0) is 16.2. The average molecular weight is 333 g/mol. The van der Waals surface area contributed by atoms with E-state index in [0.29, 0.717) is 5.92 Å². The molecule has 0 aliphatic heterocycles. The first-order valence-electron chi connectivity index (χ1n) is 6.74. The van der Waals surface area contributed by atoms with Gasteiger partial charge in [-0.05, 0) is 43.9 Å². The monoisotopic (exact) mass is 332 g/mol. The second-order valence-corrected chi connectivity index (χ2v) is 7.50. The maximum Gasteiger partial charge on any atom is 0.253 e. The zero-order valence-electron chi connectivity index (χ0n) is 12.4.